The fourth-order valence-corrected chi connectivity index (χ4v) is 2.87. The van der Waals surface area contributed by atoms with E-state index in [1.165, 1.54) is 10.5 Å². The molecule has 10 nitrogen and oxygen atoms in total. The van der Waals surface area contributed by atoms with Crippen LogP contribution < -0.4 is 10.2 Å². The summed E-state index contributed by atoms with van der Waals surface area (Å²) in [7, 11) is 0. The molecule has 0 radical (unpaired) electrons. The van der Waals surface area contributed by atoms with Gasteiger partial charge in [0.1, 0.15) is 0 Å². The maximum atomic E-state index is 10.9. The number of hydrogen-bond acceptors (Lipinski definition) is 7. The zero-order valence-electron chi connectivity index (χ0n) is 15.5. The Kier molecular flexibility index (Phi) is 13.8. The maximum Gasteiger partial charge on any atom is 6.00 e. The van der Waals surface area contributed by atoms with Gasteiger partial charge in [0.15, 0.2) is 0 Å². The number of carbonyl (C=O) groups is 2. The number of carboxylic acids is 2. The average molecular weight is 427 g/mol. The minimum atomic E-state index is -1.12. The van der Waals surface area contributed by atoms with Crippen LogP contribution in [0.1, 0.15) is 5.56 Å². The standard InChI is InChI=1S/C17H25N3O4.Cr.N3/c21-16(22)13-19-8-6-18(12-15-4-2-1-3-5-15)7-9-20(11-10-19)14-17(23)24;;1-3-2/h1-5H,6-14H2,(H,21,22)(H,23,24);;/q;+6;-1/p-2. The molecule has 2 rings (SSSR count). The molecule has 11 heteroatoms. The molecule has 1 fully saturated rings. The van der Waals surface area contributed by atoms with Crippen LogP contribution in [-0.4, -0.2) is 79.0 Å². The van der Waals surface area contributed by atoms with Gasteiger partial charge >= 0.3 is 17.4 Å². The van der Waals surface area contributed by atoms with E-state index < -0.39 is 11.9 Å². The second kappa shape index (κ2) is 14.9. The fourth-order valence-electron chi connectivity index (χ4n) is 2.87. The molecule has 0 atom stereocenters. The third-order valence-corrected chi connectivity index (χ3v) is 4.15. The second-order valence-corrected chi connectivity index (χ2v) is 6.15. The summed E-state index contributed by atoms with van der Waals surface area (Å²) in [5, 5.41) is 21.8. The summed E-state index contributed by atoms with van der Waals surface area (Å²) in [5.74, 6) is -2.23. The van der Waals surface area contributed by atoms with Gasteiger partial charge in [0.2, 0.25) is 0 Å². The van der Waals surface area contributed by atoms with Gasteiger partial charge in [0.05, 0.1) is 11.9 Å². The molecule has 0 spiro atoms. The zero-order chi connectivity index (χ0) is 20.1. The van der Waals surface area contributed by atoms with Crippen LogP contribution in [0, 0.1) is 0 Å². The Bertz CT molecular complexity index is 599. The van der Waals surface area contributed by atoms with E-state index >= 15 is 0 Å². The van der Waals surface area contributed by atoms with E-state index in [1.54, 1.807) is 9.80 Å². The van der Waals surface area contributed by atoms with Crippen LogP contribution in [0.5, 0.6) is 0 Å². The van der Waals surface area contributed by atoms with E-state index in [9.17, 15) is 19.8 Å². The first-order valence-electron chi connectivity index (χ1n) is 8.53. The Balaban J connectivity index is 0.00000171. The molecule has 0 N–H and O–H groups in total. The van der Waals surface area contributed by atoms with Crippen molar-refractivity contribution in [1.82, 2.24) is 14.7 Å². The van der Waals surface area contributed by atoms with Gasteiger partial charge in [-0.3, -0.25) is 19.6 Å². The molecule has 0 bridgehead atoms. The van der Waals surface area contributed by atoms with Gasteiger partial charge in [-0.15, -0.1) is 0 Å². The smallest absolute Gasteiger partial charge is 0.549 e. The molecular formula is C17H23CrN6O4+3. The minimum Gasteiger partial charge on any atom is -0.549 e. The summed E-state index contributed by atoms with van der Waals surface area (Å²) in [4.78, 5) is 29.1. The Morgan fingerprint density at radius 2 is 1.18 bits per heavy atom. The summed E-state index contributed by atoms with van der Waals surface area (Å²) in [6.07, 6.45) is 0. The zero-order valence-corrected chi connectivity index (χ0v) is 16.8. The molecular weight excluding hydrogens is 404 g/mol. The molecule has 1 heterocycles. The molecule has 28 heavy (non-hydrogen) atoms. The number of nitrogens with zero attached hydrogens (tertiary/aromatic N) is 6. The van der Waals surface area contributed by atoms with Crippen molar-refractivity contribution in [3.8, 4) is 0 Å². The van der Waals surface area contributed by atoms with E-state index in [0.29, 0.717) is 26.2 Å². The summed E-state index contributed by atoms with van der Waals surface area (Å²) in [5.41, 5.74) is 14.7. The Hall–Kier alpha value is -2.12. The fraction of sp³-hybridized carbons (Fsp3) is 0.529. The third kappa shape index (κ3) is 11.6. The Labute approximate surface area is 174 Å². The average Bonchev–Trinajstić information content (AvgIpc) is 2.69. The normalized spacial score (nSPS) is 16.1. The summed E-state index contributed by atoms with van der Waals surface area (Å²) in [6.45, 7) is 4.14. The molecule has 0 aliphatic carbocycles. The number of carboxylic acid groups (broad SMARTS) is 2. The number of carbonyl (C=O) groups excluding carboxylic acids is 2. The Morgan fingerprint density at radius 1 is 0.821 bits per heavy atom. The van der Waals surface area contributed by atoms with Crippen molar-refractivity contribution in [2.24, 2.45) is 0 Å². The third-order valence-electron chi connectivity index (χ3n) is 4.15. The van der Waals surface area contributed by atoms with E-state index in [1.807, 2.05) is 30.3 Å². The van der Waals surface area contributed by atoms with Crippen LogP contribution in [0.3, 0.4) is 0 Å². The van der Waals surface area contributed by atoms with Crippen LogP contribution >= 0.6 is 0 Å². The van der Waals surface area contributed by atoms with Gasteiger partial charge < -0.3 is 30.9 Å². The topological polar surface area (TPSA) is 149 Å². The molecule has 1 saturated heterocycles. The van der Waals surface area contributed by atoms with Crippen LogP contribution in [0.25, 0.3) is 16.0 Å². The predicted octanol–water partition coefficient (Wildman–Crippen LogP) is -1.53. The largest absolute Gasteiger partial charge is 6.00 e. The van der Waals surface area contributed by atoms with Crippen LogP contribution in [0.2, 0.25) is 0 Å². The molecule has 0 saturated carbocycles. The van der Waals surface area contributed by atoms with E-state index in [4.69, 9.17) is 11.1 Å². The van der Waals surface area contributed by atoms with Gasteiger partial charge in [0.25, 0.3) is 0 Å². The monoisotopic (exact) mass is 427 g/mol. The van der Waals surface area contributed by atoms with Crippen LogP contribution in [0.15, 0.2) is 30.3 Å². The van der Waals surface area contributed by atoms with Crippen molar-refractivity contribution in [1.29, 1.82) is 0 Å². The SMILES string of the molecule is O=C([O-])CN1CCN(CC(=O)[O-])CCN(Cc2ccccc2)CC1.[Cr+6].[N-]=[N+]=[N-]. The summed E-state index contributed by atoms with van der Waals surface area (Å²) in [6, 6.07) is 10.0. The minimum absolute atomic E-state index is 0. The molecule has 1 aromatic carbocycles. The number of benzene rings is 1. The quantitative estimate of drug-likeness (QED) is 0.304. The van der Waals surface area contributed by atoms with Crippen molar-refractivity contribution in [3.63, 3.8) is 0 Å². The molecule has 0 unspecified atom stereocenters. The van der Waals surface area contributed by atoms with Gasteiger partial charge in [0, 0.05) is 58.9 Å². The number of rotatable bonds is 6. The second-order valence-electron chi connectivity index (χ2n) is 6.15. The van der Waals surface area contributed by atoms with Crippen molar-refractivity contribution in [2.45, 2.75) is 6.54 Å². The molecule has 0 aromatic heterocycles. The van der Waals surface area contributed by atoms with Gasteiger partial charge in [-0.1, -0.05) is 30.3 Å². The Morgan fingerprint density at radius 3 is 1.54 bits per heavy atom. The van der Waals surface area contributed by atoms with E-state index in [0.717, 1.165) is 19.6 Å². The van der Waals surface area contributed by atoms with Gasteiger partial charge in [-0.2, -0.15) is 0 Å². The van der Waals surface area contributed by atoms with Crippen LogP contribution in [0.4, 0.5) is 0 Å². The van der Waals surface area contributed by atoms with Crippen molar-refractivity contribution >= 4 is 11.9 Å². The van der Waals surface area contributed by atoms with E-state index in [2.05, 4.69) is 4.90 Å². The molecule has 148 valence electrons. The summed E-state index contributed by atoms with van der Waals surface area (Å²) < 4.78 is 0. The maximum absolute atomic E-state index is 10.9. The summed E-state index contributed by atoms with van der Waals surface area (Å²) >= 11 is 0. The first-order valence-corrected chi connectivity index (χ1v) is 8.53. The van der Waals surface area contributed by atoms with Crippen molar-refractivity contribution < 1.29 is 37.2 Å². The van der Waals surface area contributed by atoms with Crippen molar-refractivity contribution in [3.05, 3.63) is 51.9 Å². The van der Waals surface area contributed by atoms with Gasteiger partial charge in [-0.25, -0.2) is 0 Å². The molecule has 1 aromatic rings. The molecule has 1 aliphatic rings. The number of hydrogen-bond donors (Lipinski definition) is 0. The van der Waals surface area contributed by atoms with Crippen molar-refractivity contribution in [2.75, 3.05) is 52.4 Å². The molecule has 0 amide bonds. The van der Waals surface area contributed by atoms with E-state index in [-0.39, 0.29) is 30.5 Å². The van der Waals surface area contributed by atoms with Crippen LogP contribution in [-0.2, 0) is 33.5 Å². The first-order chi connectivity index (χ1) is 12.9. The number of aliphatic carboxylic acids is 2. The first kappa shape index (κ1) is 25.9. The molecule has 1 aliphatic heterocycles. The predicted molar refractivity (Wildman–Crippen MR) is 94.7 cm³/mol. The van der Waals surface area contributed by atoms with Gasteiger partial charge in [-0.05, 0) is 5.56 Å².